The highest BCUT2D eigenvalue weighted by atomic mass is 32.1. The third-order valence-corrected chi connectivity index (χ3v) is 7.83. The zero-order chi connectivity index (χ0) is 22.0. The molecule has 0 saturated heterocycles. The molecule has 3 N–H and O–H groups in total. The van der Waals surface area contributed by atoms with Crippen LogP contribution in [0.1, 0.15) is 54.9 Å². The first-order valence-corrected chi connectivity index (χ1v) is 11.9. The molecule has 4 rings (SSSR count). The van der Waals surface area contributed by atoms with Crippen LogP contribution < -0.4 is 16.0 Å². The molecule has 2 aliphatic carbocycles. The summed E-state index contributed by atoms with van der Waals surface area (Å²) in [6.45, 7) is 0.0187. The summed E-state index contributed by atoms with van der Waals surface area (Å²) < 4.78 is 0. The van der Waals surface area contributed by atoms with E-state index in [0.717, 1.165) is 41.7 Å². The van der Waals surface area contributed by atoms with E-state index in [-0.39, 0.29) is 24.3 Å². The lowest BCUT2D eigenvalue weighted by Gasteiger charge is -2.33. The van der Waals surface area contributed by atoms with Crippen molar-refractivity contribution in [2.75, 3.05) is 33.0 Å². The average molecular weight is 445 g/mol. The molecule has 1 saturated carbocycles. The molecular weight excluding hydrogens is 412 g/mol. The topological polar surface area (TPSA) is 99.2 Å². The van der Waals surface area contributed by atoms with E-state index in [0.29, 0.717) is 18.5 Å². The van der Waals surface area contributed by atoms with Gasteiger partial charge in [0, 0.05) is 30.4 Å². The highest BCUT2D eigenvalue weighted by molar-refractivity contribution is 7.19. The summed E-state index contributed by atoms with van der Waals surface area (Å²) in [5, 5.41) is 10.1. The summed E-state index contributed by atoms with van der Waals surface area (Å²) in [5.74, 6) is 0.775. The van der Waals surface area contributed by atoms with Gasteiger partial charge in [0.2, 0.25) is 11.8 Å². The smallest absolute Gasteiger partial charge is 0.239 e. The molecule has 2 aromatic heterocycles. The van der Waals surface area contributed by atoms with Gasteiger partial charge in [0.05, 0.1) is 11.9 Å². The first-order valence-electron chi connectivity index (χ1n) is 11.1. The second-order valence-corrected chi connectivity index (χ2v) is 9.93. The van der Waals surface area contributed by atoms with E-state index in [1.807, 2.05) is 0 Å². The molecule has 2 aliphatic rings. The maximum Gasteiger partial charge on any atom is 0.239 e. The number of nitrogens with zero attached hydrogens (tertiary/aromatic N) is 3. The molecule has 2 amide bonds. The molecule has 2 aromatic rings. The molecule has 0 radical (unpaired) electrons. The third-order valence-electron chi connectivity index (χ3n) is 6.65. The summed E-state index contributed by atoms with van der Waals surface area (Å²) in [5.41, 5.74) is 1.24. The number of hydrogen-bond acceptors (Lipinski definition) is 7. The maximum absolute atomic E-state index is 12.4. The number of fused-ring (bicyclic) bond motifs is 3. The third kappa shape index (κ3) is 4.82. The second-order valence-electron chi connectivity index (χ2n) is 8.84. The molecule has 0 aromatic carbocycles. The Morgan fingerprint density at radius 3 is 2.61 bits per heavy atom. The van der Waals surface area contributed by atoms with Gasteiger partial charge in [-0.05, 0) is 64.1 Å². The first kappa shape index (κ1) is 22.0. The van der Waals surface area contributed by atoms with Gasteiger partial charge in [-0.3, -0.25) is 9.59 Å². The van der Waals surface area contributed by atoms with Crippen LogP contribution in [-0.2, 0) is 16.0 Å². The Bertz CT molecular complexity index is 951. The van der Waals surface area contributed by atoms with Crippen LogP contribution in [0.3, 0.4) is 0 Å². The molecule has 0 unspecified atom stereocenters. The molecule has 8 nitrogen and oxygen atoms in total. The molecule has 31 heavy (non-hydrogen) atoms. The second kappa shape index (κ2) is 9.48. The number of carbonyl (C=O) groups is 2. The van der Waals surface area contributed by atoms with Gasteiger partial charge in [-0.25, -0.2) is 9.97 Å². The minimum absolute atomic E-state index is 0.0187. The van der Waals surface area contributed by atoms with Crippen LogP contribution in [0.2, 0.25) is 0 Å². The number of anilines is 1. The Morgan fingerprint density at radius 2 is 1.90 bits per heavy atom. The predicted octanol–water partition coefficient (Wildman–Crippen LogP) is 2.26. The molecule has 168 valence electrons. The number of thiophene rings is 1. The van der Waals surface area contributed by atoms with Gasteiger partial charge < -0.3 is 20.9 Å². The van der Waals surface area contributed by atoms with Crippen LogP contribution in [0.4, 0.5) is 5.82 Å². The molecule has 0 spiro atoms. The van der Waals surface area contributed by atoms with Crippen molar-refractivity contribution in [2.45, 2.75) is 62.9 Å². The standard InChI is InChI=1S/C22H32N6O2S/c1-23-18(30)11-24-17(29)10-13-4-9-16-19(13)20-21(25-12-26-22(20)31-16)27-14-5-7-15(8-6-14)28(2)3/h12-15H,4-11H2,1-3H3,(H,23,30)(H,24,29)(H,25,26,27)/t13-,14-,15-/m1/s1. The molecule has 1 fully saturated rings. The van der Waals surface area contributed by atoms with Gasteiger partial charge in [0.15, 0.2) is 0 Å². The normalized spacial score (nSPS) is 23.0. The number of amides is 2. The molecule has 1 atom stereocenters. The molecule has 9 heteroatoms. The van der Waals surface area contributed by atoms with E-state index in [9.17, 15) is 9.59 Å². The lowest BCUT2D eigenvalue weighted by atomic mass is 9.90. The van der Waals surface area contributed by atoms with Gasteiger partial charge in [-0.15, -0.1) is 11.3 Å². The number of carbonyl (C=O) groups excluding carboxylic acids is 2. The summed E-state index contributed by atoms with van der Waals surface area (Å²) >= 11 is 1.73. The van der Waals surface area contributed by atoms with E-state index in [1.165, 1.54) is 23.3 Å². The Morgan fingerprint density at radius 1 is 1.13 bits per heavy atom. The number of likely N-dealkylation sites (N-methyl/N-ethyl adjacent to an activating group) is 1. The fraction of sp³-hybridized carbons (Fsp3) is 0.636. The minimum atomic E-state index is -0.190. The van der Waals surface area contributed by atoms with E-state index in [1.54, 1.807) is 24.7 Å². The van der Waals surface area contributed by atoms with Gasteiger partial charge in [0.25, 0.3) is 0 Å². The predicted molar refractivity (Wildman–Crippen MR) is 124 cm³/mol. The van der Waals surface area contributed by atoms with Crippen LogP contribution in [0.25, 0.3) is 10.2 Å². The van der Waals surface area contributed by atoms with Gasteiger partial charge in [-0.2, -0.15) is 0 Å². The van der Waals surface area contributed by atoms with Crippen molar-refractivity contribution in [3.8, 4) is 0 Å². The quantitative estimate of drug-likeness (QED) is 0.606. The summed E-state index contributed by atoms with van der Waals surface area (Å²) in [4.78, 5) is 37.6. The Balaban J connectivity index is 1.50. The van der Waals surface area contributed by atoms with Crippen molar-refractivity contribution in [2.24, 2.45) is 0 Å². The average Bonchev–Trinajstić information content (AvgIpc) is 3.32. The summed E-state index contributed by atoms with van der Waals surface area (Å²) in [6, 6.07) is 1.08. The van der Waals surface area contributed by atoms with E-state index in [2.05, 4.69) is 44.9 Å². The number of hydrogen-bond donors (Lipinski definition) is 3. The van der Waals surface area contributed by atoms with Crippen molar-refractivity contribution in [1.82, 2.24) is 25.5 Å². The van der Waals surface area contributed by atoms with Gasteiger partial charge in [-0.1, -0.05) is 0 Å². The van der Waals surface area contributed by atoms with E-state index >= 15 is 0 Å². The number of rotatable bonds is 7. The van der Waals surface area contributed by atoms with Crippen molar-refractivity contribution in [3.63, 3.8) is 0 Å². The molecule has 2 heterocycles. The maximum atomic E-state index is 12.4. The Labute approximate surface area is 187 Å². The van der Waals surface area contributed by atoms with Crippen molar-refractivity contribution < 1.29 is 9.59 Å². The van der Waals surface area contributed by atoms with Crippen LogP contribution in [0, 0.1) is 0 Å². The molecule has 0 aliphatic heterocycles. The van der Waals surface area contributed by atoms with Crippen LogP contribution in [0.15, 0.2) is 6.33 Å². The van der Waals surface area contributed by atoms with Crippen molar-refractivity contribution in [3.05, 3.63) is 16.8 Å². The fourth-order valence-corrected chi connectivity index (χ4v) is 6.12. The zero-order valence-corrected chi connectivity index (χ0v) is 19.3. The van der Waals surface area contributed by atoms with Crippen molar-refractivity contribution >= 4 is 39.2 Å². The zero-order valence-electron chi connectivity index (χ0n) is 18.5. The minimum Gasteiger partial charge on any atom is -0.367 e. The Hall–Kier alpha value is -2.26. The van der Waals surface area contributed by atoms with E-state index in [4.69, 9.17) is 0 Å². The van der Waals surface area contributed by atoms with Gasteiger partial charge in [0.1, 0.15) is 17.0 Å². The van der Waals surface area contributed by atoms with Crippen LogP contribution in [-0.4, -0.2) is 66.5 Å². The monoisotopic (exact) mass is 444 g/mol. The largest absolute Gasteiger partial charge is 0.367 e. The highest BCUT2D eigenvalue weighted by Crippen LogP contribution is 2.46. The van der Waals surface area contributed by atoms with E-state index < -0.39 is 0 Å². The van der Waals surface area contributed by atoms with Crippen LogP contribution >= 0.6 is 11.3 Å². The fourth-order valence-electron chi connectivity index (χ4n) is 4.87. The lowest BCUT2D eigenvalue weighted by molar-refractivity contribution is -0.126. The summed E-state index contributed by atoms with van der Waals surface area (Å²) in [7, 11) is 5.88. The SMILES string of the molecule is CNC(=O)CNC(=O)C[C@H]1CCc2sc3ncnc(N[C@H]4CC[C@H](N(C)C)CC4)c3c21. The number of aryl methyl sites for hydroxylation is 1. The molecular formula is C22H32N6O2S. The number of nitrogens with one attached hydrogen (secondary N) is 3. The highest BCUT2D eigenvalue weighted by Gasteiger charge is 2.32. The number of aromatic nitrogens is 2. The lowest BCUT2D eigenvalue weighted by Crippen LogP contribution is -2.36. The van der Waals surface area contributed by atoms with Crippen molar-refractivity contribution in [1.29, 1.82) is 0 Å². The Kier molecular flexibility index (Phi) is 6.71. The molecule has 0 bridgehead atoms. The van der Waals surface area contributed by atoms with Gasteiger partial charge >= 0.3 is 0 Å². The summed E-state index contributed by atoms with van der Waals surface area (Å²) in [6.07, 6.45) is 8.59. The first-order chi connectivity index (χ1) is 15.0. The van der Waals surface area contributed by atoms with Crippen LogP contribution in [0.5, 0.6) is 0 Å².